The summed E-state index contributed by atoms with van der Waals surface area (Å²) < 4.78 is 17.8. The molecule has 1 aromatic carbocycles. The van der Waals surface area contributed by atoms with Crippen LogP contribution in [0.2, 0.25) is 0 Å². The number of para-hydroxylation sites is 1. The lowest BCUT2D eigenvalue weighted by atomic mass is 10.2. The van der Waals surface area contributed by atoms with Crippen molar-refractivity contribution in [3.8, 4) is 5.75 Å². The average molecular weight is 364 g/mol. The first kappa shape index (κ1) is 19.4. The minimum atomic E-state index is -0.319. The molecular formula is C18H24N2O4S. The summed E-state index contributed by atoms with van der Waals surface area (Å²) in [5.74, 6) is 0.196. The Morgan fingerprint density at radius 2 is 1.84 bits per heavy atom. The third kappa shape index (κ3) is 5.01. The van der Waals surface area contributed by atoms with Gasteiger partial charge in [0.1, 0.15) is 12.4 Å². The van der Waals surface area contributed by atoms with E-state index in [1.165, 1.54) is 11.3 Å². The van der Waals surface area contributed by atoms with Crippen molar-refractivity contribution >= 4 is 17.2 Å². The fourth-order valence-electron chi connectivity index (χ4n) is 2.28. The van der Waals surface area contributed by atoms with Crippen LogP contribution in [0.15, 0.2) is 29.3 Å². The molecule has 0 aliphatic heterocycles. The molecule has 0 unspecified atom stereocenters. The van der Waals surface area contributed by atoms with Gasteiger partial charge in [0, 0.05) is 31.3 Å². The predicted octanol–water partition coefficient (Wildman–Crippen LogP) is 2.58. The first-order valence-corrected chi connectivity index (χ1v) is 8.85. The number of carbonyl (C=O) groups is 1. The highest BCUT2D eigenvalue weighted by molar-refractivity contribution is 7.09. The molecule has 1 amide bonds. The van der Waals surface area contributed by atoms with Gasteiger partial charge in [0.25, 0.3) is 5.91 Å². The van der Waals surface area contributed by atoms with E-state index in [-0.39, 0.29) is 5.91 Å². The Labute approximate surface area is 151 Å². The number of nitrogens with zero attached hydrogens (tertiary/aromatic N) is 2. The number of aromatic nitrogens is 1. The minimum absolute atomic E-state index is 0.319. The van der Waals surface area contributed by atoms with Crippen molar-refractivity contribution in [2.75, 3.05) is 34.0 Å². The van der Waals surface area contributed by atoms with E-state index in [9.17, 15) is 4.79 Å². The number of hydrogen-bond donors (Lipinski definition) is 0. The van der Waals surface area contributed by atoms with Gasteiger partial charge in [0.05, 0.1) is 18.8 Å². The molecule has 7 heteroatoms. The first-order valence-electron chi connectivity index (χ1n) is 8.04. The fourth-order valence-corrected chi connectivity index (χ4v) is 3.28. The molecule has 0 atom stereocenters. The smallest absolute Gasteiger partial charge is 0.283 e. The van der Waals surface area contributed by atoms with Gasteiger partial charge in [-0.1, -0.05) is 12.1 Å². The molecule has 0 bridgehead atoms. The summed E-state index contributed by atoms with van der Waals surface area (Å²) in [4.78, 5) is 18.8. The Morgan fingerprint density at radius 1 is 1.12 bits per heavy atom. The van der Waals surface area contributed by atoms with Crippen molar-refractivity contribution in [2.24, 2.45) is 4.99 Å². The molecule has 0 saturated heterocycles. The number of methoxy groups -OCH3 is 2. The molecule has 136 valence electrons. The maximum Gasteiger partial charge on any atom is 0.283 e. The Kier molecular flexibility index (Phi) is 7.36. The van der Waals surface area contributed by atoms with Crippen LogP contribution in [0.1, 0.15) is 20.9 Å². The molecule has 0 N–H and O–H groups in total. The lowest BCUT2D eigenvalue weighted by Gasteiger charge is -2.09. The lowest BCUT2D eigenvalue weighted by molar-refractivity contribution is 0.0989. The number of amides is 1. The normalized spacial score (nSPS) is 11.8. The molecule has 1 heterocycles. The molecule has 0 spiro atoms. The topological polar surface area (TPSA) is 62.0 Å². The molecule has 0 aliphatic rings. The highest BCUT2D eigenvalue weighted by Crippen LogP contribution is 2.19. The van der Waals surface area contributed by atoms with Crippen LogP contribution >= 0.6 is 11.3 Å². The van der Waals surface area contributed by atoms with E-state index in [1.807, 2.05) is 24.5 Å². The van der Waals surface area contributed by atoms with Crippen molar-refractivity contribution in [2.45, 2.75) is 20.4 Å². The second-order valence-corrected chi connectivity index (χ2v) is 6.61. The van der Waals surface area contributed by atoms with Gasteiger partial charge in [-0.15, -0.1) is 11.3 Å². The minimum Gasteiger partial charge on any atom is -0.490 e. The number of ether oxygens (including phenoxy) is 3. The van der Waals surface area contributed by atoms with Gasteiger partial charge >= 0.3 is 0 Å². The van der Waals surface area contributed by atoms with Gasteiger partial charge in [-0.25, -0.2) is 0 Å². The fraction of sp³-hybridized carbons (Fsp3) is 0.444. The Hall–Kier alpha value is -1.96. The zero-order valence-corrected chi connectivity index (χ0v) is 15.9. The number of carbonyl (C=O) groups excluding carboxylic acids is 1. The quantitative estimate of drug-likeness (QED) is 0.676. The van der Waals surface area contributed by atoms with Crippen LogP contribution in [0.4, 0.5) is 0 Å². The number of thiazole rings is 1. The molecule has 6 nitrogen and oxygen atoms in total. The number of rotatable bonds is 8. The molecule has 2 aromatic rings. The van der Waals surface area contributed by atoms with E-state index in [4.69, 9.17) is 14.2 Å². The highest BCUT2D eigenvalue weighted by atomic mass is 32.1. The van der Waals surface area contributed by atoms with Gasteiger partial charge in [0.15, 0.2) is 4.80 Å². The van der Waals surface area contributed by atoms with Crippen molar-refractivity contribution in [1.29, 1.82) is 0 Å². The number of aryl methyl sites for hydroxylation is 1. The third-order valence-electron chi connectivity index (χ3n) is 3.77. The molecule has 0 aliphatic carbocycles. The van der Waals surface area contributed by atoms with Crippen LogP contribution in [-0.2, 0) is 16.0 Å². The molecule has 0 radical (unpaired) electrons. The summed E-state index contributed by atoms with van der Waals surface area (Å²) in [6.45, 7) is 6.10. The van der Waals surface area contributed by atoms with Crippen molar-refractivity contribution in [1.82, 2.24) is 4.57 Å². The summed E-state index contributed by atoms with van der Waals surface area (Å²) in [7, 11) is 3.26. The maximum atomic E-state index is 12.7. The Balaban J connectivity index is 2.33. The average Bonchev–Trinajstić information content (AvgIpc) is 2.87. The van der Waals surface area contributed by atoms with Gasteiger partial charge in [-0.2, -0.15) is 4.99 Å². The zero-order valence-electron chi connectivity index (χ0n) is 15.1. The van der Waals surface area contributed by atoms with E-state index >= 15 is 0 Å². The van der Waals surface area contributed by atoms with Crippen molar-refractivity contribution in [3.63, 3.8) is 0 Å². The molecule has 2 rings (SSSR count). The van der Waals surface area contributed by atoms with E-state index in [2.05, 4.69) is 4.99 Å². The van der Waals surface area contributed by atoms with Crippen LogP contribution < -0.4 is 9.54 Å². The summed E-state index contributed by atoms with van der Waals surface area (Å²) in [5.41, 5.74) is 1.54. The predicted molar refractivity (Wildman–Crippen MR) is 97.4 cm³/mol. The summed E-state index contributed by atoms with van der Waals surface area (Å²) in [6, 6.07) is 7.12. The Bertz CT molecular complexity index is 780. The van der Waals surface area contributed by atoms with Crippen LogP contribution in [0, 0.1) is 13.8 Å². The van der Waals surface area contributed by atoms with Gasteiger partial charge in [0.2, 0.25) is 0 Å². The second kappa shape index (κ2) is 9.50. The van der Waals surface area contributed by atoms with E-state index in [0.717, 1.165) is 10.6 Å². The van der Waals surface area contributed by atoms with Crippen LogP contribution in [0.3, 0.4) is 0 Å². The summed E-state index contributed by atoms with van der Waals surface area (Å²) in [5, 5.41) is 0. The molecule has 0 fully saturated rings. The first-order chi connectivity index (χ1) is 12.1. The molecule has 0 saturated carbocycles. The summed E-state index contributed by atoms with van der Waals surface area (Å²) in [6.07, 6.45) is 0. The second-order valence-electron chi connectivity index (χ2n) is 5.43. The number of hydrogen-bond acceptors (Lipinski definition) is 5. The monoisotopic (exact) mass is 364 g/mol. The summed E-state index contributed by atoms with van der Waals surface area (Å²) >= 11 is 1.50. The van der Waals surface area contributed by atoms with Crippen molar-refractivity contribution in [3.05, 3.63) is 45.2 Å². The van der Waals surface area contributed by atoms with E-state index in [0.29, 0.717) is 42.5 Å². The highest BCUT2D eigenvalue weighted by Gasteiger charge is 2.13. The molecule has 25 heavy (non-hydrogen) atoms. The zero-order chi connectivity index (χ0) is 18.2. The van der Waals surface area contributed by atoms with E-state index in [1.54, 1.807) is 32.4 Å². The molecular weight excluding hydrogens is 340 g/mol. The molecule has 1 aromatic heterocycles. The van der Waals surface area contributed by atoms with Gasteiger partial charge in [-0.05, 0) is 26.0 Å². The Morgan fingerprint density at radius 3 is 2.56 bits per heavy atom. The van der Waals surface area contributed by atoms with Crippen LogP contribution in [0.25, 0.3) is 0 Å². The third-order valence-corrected chi connectivity index (χ3v) is 4.86. The lowest BCUT2D eigenvalue weighted by Crippen LogP contribution is -2.21. The van der Waals surface area contributed by atoms with Crippen LogP contribution in [0.5, 0.6) is 5.75 Å². The van der Waals surface area contributed by atoms with Gasteiger partial charge in [-0.3, -0.25) is 4.79 Å². The van der Waals surface area contributed by atoms with E-state index < -0.39 is 0 Å². The van der Waals surface area contributed by atoms with Crippen LogP contribution in [-0.4, -0.2) is 44.5 Å². The standard InChI is InChI=1S/C18H24N2O4S/c1-13-14(2)25-18(20(13)9-10-22-3)19-17(21)15-7-5-6-8-16(15)24-12-11-23-4/h5-8H,9-12H2,1-4H3. The van der Waals surface area contributed by atoms with Crippen molar-refractivity contribution < 1.29 is 19.0 Å². The maximum absolute atomic E-state index is 12.7. The number of benzene rings is 1. The largest absolute Gasteiger partial charge is 0.490 e. The SMILES string of the molecule is COCCOc1ccccc1C(=O)N=c1sc(C)c(C)n1CCOC. The van der Waals surface area contributed by atoms with Gasteiger partial charge < -0.3 is 18.8 Å².